The zero-order valence-electron chi connectivity index (χ0n) is 22.8. The van der Waals surface area contributed by atoms with E-state index in [1.165, 1.54) is 32.0 Å². The number of carbonyl (C=O) groups excluding carboxylic acids is 3. The maximum absolute atomic E-state index is 13.0. The standard InChI is InChI=1S/C28H28Cl2N6O5/c1-15(37)12-31-13-16-8-9-21(34-26(16)41-4)24-23(30)18(10-11-32-24)17-6-5-7-20(22(17)29)33-25(38)19-14-35(2)28(40)36(3)27(19)39/h5-11,14-15,19,31,37H,12-13H2,1-4H3/p+1/t15-,19?/m0/s1. The number of anilines is 1. The average molecular weight is 600 g/mol. The second kappa shape index (κ2) is 12.7. The Morgan fingerprint density at radius 1 is 1.17 bits per heavy atom. The number of pyridine rings is 2. The molecule has 2 atom stereocenters. The molecule has 41 heavy (non-hydrogen) atoms. The fourth-order valence-electron chi connectivity index (χ4n) is 4.28. The molecule has 1 unspecified atom stereocenters. The molecule has 0 bridgehead atoms. The number of benzene rings is 1. The van der Waals surface area contributed by atoms with Gasteiger partial charge < -0.3 is 20.5 Å². The molecular weight excluding hydrogens is 571 g/mol. The molecule has 4 amide bonds. The van der Waals surface area contributed by atoms with Gasteiger partial charge in [-0.15, -0.1) is 0 Å². The van der Waals surface area contributed by atoms with Crippen LogP contribution >= 0.6 is 23.2 Å². The van der Waals surface area contributed by atoms with Gasteiger partial charge in [0.1, 0.15) is 5.69 Å². The van der Waals surface area contributed by atoms with E-state index in [9.17, 15) is 19.5 Å². The molecule has 13 heteroatoms. The number of amides is 4. The molecular formula is C28H29Cl2N6O5+. The number of carbonyl (C=O) groups is 3. The van der Waals surface area contributed by atoms with Crippen LogP contribution < -0.4 is 15.4 Å². The maximum Gasteiger partial charge on any atom is 0.499 e. The third-order valence-electron chi connectivity index (χ3n) is 6.41. The number of halogens is 2. The molecule has 2 aromatic heterocycles. The van der Waals surface area contributed by atoms with Gasteiger partial charge in [-0.05, 0) is 25.1 Å². The monoisotopic (exact) mass is 599 g/mol. The summed E-state index contributed by atoms with van der Waals surface area (Å²) in [4.78, 5) is 47.5. The first-order chi connectivity index (χ1) is 19.5. The van der Waals surface area contributed by atoms with Crippen molar-refractivity contribution < 1.29 is 28.8 Å². The Hall–Kier alpha value is -3.90. The summed E-state index contributed by atoms with van der Waals surface area (Å²) in [6, 6.07) is 9.81. The Labute approximate surface area is 246 Å². The molecule has 0 spiro atoms. The lowest BCUT2D eigenvalue weighted by Crippen LogP contribution is -2.51. The predicted octanol–water partition coefficient (Wildman–Crippen LogP) is 3.46. The SMILES string of the molecule is COc1nc(-c2nccc(-c3cccc(NC(=O)C4C=[N+](C)C(=O)N(C)C4=O)c3Cl)c2Cl)ccc1CNC[C@H](C)O. The van der Waals surface area contributed by atoms with Crippen LogP contribution in [0.2, 0.25) is 10.0 Å². The van der Waals surface area contributed by atoms with Gasteiger partial charge in [0.25, 0.3) is 0 Å². The lowest BCUT2D eigenvalue weighted by atomic mass is 10.0. The minimum absolute atomic E-state index is 0.200. The van der Waals surface area contributed by atoms with Crippen LogP contribution in [0.25, 0.3) is 22.5 Å². The molecule has 0 saturated heterocycles. The van der Waals surface area contributed by atoms with E-state index in [4.69, 9.17) is 27.9 Å². The van der Waals surface area contributed by atoms with Crippen molar-refractivity contribution in [1.82, 2.24) is 20.2 Å². The summed E-state index contributed by atoms with van der Waals surface area (Å²) in [5.41, 5.74) is 3.00. The van der Waals surface area contributed by atoms with Gasteiger partial charge in [-0.25, -0.2) is 14.4 Å². The van der Waals surface area contributed by atoms with Crippen LogP contribution in [0.1, 0.15) is 12.5 Å². The molecule has 214 valence electrons. The van der Waals surface area contributed by atoms with Crippen LogP contribution in [0.4, 0.5) is 10.5 Å². The molecule has 3 aromatic rings. The summed E-state index contributed by atoms with van der Waals surface area (Å²) in [5, 5.41) is 15.8. The zero-order valence-corrected chi connectivity index (χ0v) is 24.3. The van der Waals surface area contributed by atoms with Crippen molar-refractivity contribution in [2.75, 3.05) is 33.1 Å². The molecule has 0 saturated carbocycles. The number of hydrogen-bond acceptors (Lipinski definition) is 8. The first kappa shape index (κ1) is 30.1. The number of aromatic nitrogens is 2. The fraction of sp³-hybridized carbons (Fsp3) is 0.286. The Kier molecular flexibility index (Phi) is 9.34. The van der Waals surface area contributed by atoms with Gasteiger partial charge in [0.15, 0.2) is 5.92 Å². The number of aliphatic hydroxyl groups excluding tert-OH is 1. The molecule has 0 aliphatic carbocycles. The van der Waals surface area contributed by atoms with Gasteiger partial charge in [0, 0.05) is 36.0 Å². The second-order valence-electron chi connectivity index (χ2n) is 9.44. The van der Waals surface area contributed by atoms with Crippen LogP contribution in [-0.4, -0.2) is 82.5 Å². The lowest BCUT2D eigenvalue weighted by Gasteiger charge is -2.19. The van der Waals surface area contributed by atoms with E-state index in [-0.39, 0.29) is 15.7 Å². The van der Waals surface area contributed by atoms with Crippen molar-refractivity contribution in [3.63, 3.8) is 0 Å². The number of rotatable bonds is 9. The zero-order chi connectivity index (χ0) is 29.8. The highest BCUT2D eigenvalue weighted by Crippen LogP contribution is 2.40. The van der Waals surface area contributed by atoms with Crippen LogP contribution in [0, 0.1) is 5.92 Å². The molecule has 1 aliphatic rings. The minimum Gasteiger partial charge on any atom is -0.481 e. The van der Waals surface area contributed by atoms with Gasteiger partial charge in [0.2, 0.25) is 11.8 Å². The van der Waals surface area contributed by atoms with Crippen LogP contribution in [0.3, 0.4) is 0 Å². The third kappa shape index (κ3) is 6.38. The van der Waals surface area contributed by atoms with E-state index >= 15 is 0 Å². The Morgan fingerprint density at radius 2 is 1.90 bits per heavy atom. The van der Waals surface area contributed by atoms with Crippen molar-refractivity contribution in [2.24, 2.45) is 5.92 Å². The fourth-order valence-corrected chi connectivity index (χ4v) is 4.86. The van der Waals surface area contributed by atoms with E-state index in [1.807, 2.05) is 6.07 Å². The summed E-state index contributed by atoms with van der Waals surface area (Å²) in [5.74, 6) is -2.10. The number of nitrogens with one attached hydrogen (secondary N) is 2. The quantitative estimate of drug-likeness (QED) is 0.251. The van der Waals surface area contributed by atoms with E-state index in [0.717, 1.165) is 10.5 Å². The van der Waals surface area contributed by atoms with Gasteiger partial charge in [-0.3, -0.25) is 9.78 Å². The number of ether oxygens (including phenoxy) is 1. The molecule has 3 heterocycles. The Morgan fingerprint density at radius 3 is 2.61 bits per heavy atom. The van der Waals surface area contributed by atoms with E-state index in [0.29, 0.717) is 41.5 Å². The number of methoxy groups -OCH3 is 1. The van der Waals surface area contributed by atoms with Crippen molar-refractivity contribution in [3.05, 3.63) is 58.2 Å². The van der Waals surface area contributed by atoms with E-state index in [1.54, 1.807) is 43.5 Å². The Balaban J connectivity index is 1.63. The molecule has 1 aliphatic heterocycles. The molecule has 3 N–H and O–H groups in total. The molecule has 0 radical (unpaired) electrons. The lowest BCUT2D eigenvalue weighted by molar-refractivity contribution is -0.400. The Bertz CT molecular complexity index is 1540. The van der Waals surface area contributed by atoms with Gasteiger partial charge in [0.05, 0.1) is 55.0 Å². The van der Waals surface area contributed by atoms with E-state index in [2.05, 4.69) is 20.6 Å². The summed E-state index contributed by atoms with van der Waals surface area (Å²) >= 11 is 13.6. The third-order valence-corrected chi connectivity index (χ3v) is 7.20. The van der Waals surface area contributed by atoms with E-state index < -0.39 is 29.9 Å². The largest absolute Gasteiger partial charge is 0.499 e. The van der Waals surface area contributed by atoms with Crippen molar-refractivity contribution in [3.8, 4) is 28.4 Å². The summed E-state index contributed by atoms with van der Waals surface area (Å²) in [6.45, 7) is 2.56. The van der Waals surface area contributed by atoms with Crippen LogP contribution in [-0.2, 0) is 16.1 Å². The van der Waals surface area contributed by atoms with Crippen molar-refractivity contribution in [1.29, 1.82) is 0 Å². The van der Waals surface area contributed by atoms with Gasteiger partial charge >= 0.3 is 11.9 Å². The highest BCUT2D eigenvalue weighted by Gasteiger charge is 2.43. The van der Waals surface area contributed by atoms with Crippen molar-refractivity contribution in [2.45, 2.75) is 19.6 Å². The second-order valence-corrected chi connectivity index (χ2v) is 10.2. The molecule has 4 rings (SSSR count). The van der Waals surface area contributed by atoms with Crippen LogP contribution in [0.5, 0.6) is 5.88 Å². The number of nitrogens with zero attached hydrogens (tertiary/aromatic N) is 4. The molecule has 0 fully saturated rings. The number of urea groups is 1. The number of aliphatic hydroxyl groups is 1. The van der Waals surface area contributed by atoms with Gasteiger partial charge in [-0.1, -0.05) is 41.4 Å². The first-order valence-electron chi connectivity index (χ1n) is 12.6. The highest BCUT2D eigenvalue weighted by molar-refractivity contribution is 6.39. The van der Waals surface area contributed by atoms with Crippen molar-refractivity contribution >= 4 is 52.9 Å². The van der Waals surface area contributed by atoms with Crippen LogP contribution in [0.15, 0.2) is 42.6 Å². The summed E-state index contributed by atoms with van der Waals surface area (Å²) in [6.07, 6.45) is 2.35. The smallest absolute Gasteiger partial charge is 0.481 e. The topological polar surface area (TPSA) is 137 Å². The first-order valence-corrected chi connectivity index (χ1v) is 13.4. The summed E-state index contributed by atoms with van der Waals surface area (Å²) in [7, 11) is 4.30. The minimum atomic E-state index is -1.20. The number of hydrogen-bond donors (Lipinski definition) is 3. The molecule has 11 nitrogen and oxygen atoms in total. The summed E-state index contributed by atoms with van der Waals surface area (Å²) < 4.78 is 6.66. The predicted molar refractivity (Wildman–Crippen MR) is 155 cm³/mol. The van der Waals surface area contributed by atoms with Gasteiger partial charge in [-0.2, -0.15) is 9.69 Å². The number of imide groups is 1. The normalized spacial score (nSPS) is 15.9. The molecule has 1 aromatic carbocycles. The highest BCUT2D eigenvalue weighted by atomic mass is 35.5. The average Bonchev–Trinajstić information content (AvgIpc) is 2.95. The maximum atomic E-state index is 13.0.